The number of nitrogens with one attached hydrogen (secondary N) is 1. The summed E-state index contributed by atoms with van der Waals surface area (Å²) in [6.45, 7) is 4.66. The summed E-state index contributed by atoms with van der Waals surface area (Å²) in [4.78, 5) is 27.6. The minimum Gasteiger partial charge on any atom is -0.354 e. The average molecular weight is 536 g/mol. The van der Waals surface area contributed by atoms with Gasteiger partial charge in [0.2, 0.25) is 11.8 Å². The molecule has 2 amide bonds. The van der Waals surface area contributed by atoms with Gasteiger partial charge >= 0.3 is 0 Å². The van der Waals surface area contributed by atoms with Crippen LogP contribution in [0.5, 0.6) is 0 Å². The lowest BCUT2D eigenvalue weighted by atomic mass is 10.1. The highest BCUT2D eigenvalue weighted by Gasteiger charge is 2.28. The third-order valence-electron chi connectivity index (χ3n) is 4.77. The molecule has 2 rings (SSSR count). The summed E-state index contributed by atoms with van der Waals surface area (Å²) in [5.41, 5.74) is 1.71. The first-order chi connectivity index (χ1) is 15.3. The molecule has 0 saturated heterocycles. The lowest BCUT2D eigenvalue weighted by molar-refractivity contribution is -0.139. The summed E-state index contributed by atoms with van der Waals surface area (Å²) in [6.07, 6.45) is 1.31. The van der Waals surface area contributed by atoms with E-state index in [0.29, 0.717) is 38.8 Å². The van der Waals surface area contributed by atoms with Gasteiger partial charge in [-0.15, -0.1) is 11.8 Å². The SMILES string of the molecule is CCCNC(=O)[C@@H](CC)N(Cc1ccc(Cl)cc1Cl)C(=O)CSCc1ccc(Cl)c(Cl)c1. The van der Waals surface area contributed by atoms with Crippen LogP contribution in [0.3, 0.4) is 0 Å². The van der Waals surface area contributed by atoms with Crippen molar-refractivity contribution >= 4 is 70.0 Å². The number of hydrogen-bond donors (Lipinski definition) is 1. The summed E-state index contributed by atoms with van der Waals surface area (Å²) >= 11 is 25.9. The molecule has 0 fully saturated rings. The van der Waals surface area contributed by atoms with Crippen LogP contribution in [-0.4, -0.2) is 35.1 Å². The molecule has 9 heteroatoms. The summed E-state index contributed by atoms with van der Waals surface area (Å²) in [5, 5.41) is 4.85. The fourth-order valence-corrected chi connectivity index (χ4v) is 4.73. The molecule has 2 aromatic rings. The van der Waals surface area contributed by atoms with Crippen LogP contribution in [0.2, 0.25) is 20.1 Å². The third kappa shape index (κ3) is 8.03. The van der Waals surface area contributed by atoms with Crippen LogP contribution in [0.15, 0.2) is 36.4 Å². The Morgan fingerprint density at radius 3 is 2.38 bits per heavy atom. The molecule has 0 aliphatic rings. The van der Waals surface area contributed by atoms with E-state index in [1.807, 2.05) is 19.9 Å². The van der Waals surface area contributed by atoms with E-state index in [0.717, 1.165) is 17.5 Å². The van der Waals surface area contributed by atoms with E-state index >= 15 is 0 Å². The quantitative estimate of drug-likeness (QED) is 0.341. The van der Waals surface area contributed by atoms with Gasteiger partial charge in [-0.2, -0.15) is 0 Å². The summed E-state index contributed by atoms with van der Waals surface area (Å²) in [7, 11) is 0. The van der Waals surface area contributed by atoms with Crippen LogP contribution in [-0.2, 0) is 21.9 Å². The first-order valence-electron chi connectivity index (χ1n) is 10.3. The monoisotopic (exact) mass is 534 g/mol. The van der Waals surface area contributed by atoms with Gasteiger partial charge in [-0.1, -0.05) is 72.4 Å². The summed E-state index contributed by atoms with van der Waals surface area (Å²) in [5.74, 6) is 0.502. The van der Waals surface area contributed by atoms with E-state index in [4.69, 9.17) is 46.4 Å². The molecule has 174 valence electrons. The fraction of sp³-hybridized carbons (Fsp3) is 0.391. The van der Waals surface area contributed by atoms with Crippen LogP contribution in [0.25, 0.3) is 0 Å². The first-order valence-corrected chi connectivity index (χ1v) is 13.0. The zero-order valence-electron chi connectivity index (χ0n) is 18.0. The highest BCUT2D eigenvalue weighted by Crippen LogP contribution is 2.26. The maximum atomic E-state index is 13.2. The van der Waals surface area contributed by atoms with E-state index in [1.165, 1.54) is 11.8 Å². The number of nitrogens with zero attached hydrogens (tertiary/aromatic N) is 1. The van der Waals surface area contributed by atoms with E-state index in [2.05, 4.69) is 5.32 Å². The van der Waals surface area contributed by atoms with Crippen molar-refractivity contribution < 1.29 is 9.59 Å². The zero-order valence-corrected chi connectivity index (χ0v) is 21.8. The predicted octanol–water partition coefficient (Wildman–Crippen LogP) is 6.87. The Labute approximate surface area is 213 Å². The average Bonchev–Trinajstić information content (AvgIpc) is 2.75. The fourth-order valence-electron chi connectivity index (χ4n) is 3.09. The Kier molecular flexibility index (Phi) is 11.5. The molecule has 4 nitrogen and oxygen atoms in total. The Balaban J connectivity index is 2.16. The zero-order chi connectivity index (χ0) is 23.7. The number of carbonyl (C=O) groups excluding carboxylic acids is 2. The van der Waals surface area contributed by atoms with Crippen molar-refractivity contribution in [3.05, 3.63) is 67.6 Å². The van der Waals surface area contributed by atoms with Crippen molar-refractivity contribution in [1.82, 2.24) is 10.2 Å². The largest absolute Gasteiger partial charge is 0.354 e. The van der Waals surface area contributed by atoms with Gasteiger partial charge < -0.3 is 10.2 Å². The smallest absolute Gasteiger partial charge is 0.242 e. The Hall–Kier alpha value is -1.11. The molecule has 1 N–H and O–H groups in total. The Morgan fingerprint density at radius 1 is 1.00 bits per heavy atom. The number of hydrogen-bond acceptors (Lipinski definition) is 3. The van der Waals surface area contributed by atoms with Crippen molar-refractivity contribution in [3.63, 3.8) is 0 Å². The van der Waals surface area contributed by atoms with Gasteiger partial charge in [0.15, 0.2) is 0 Å². The number of benzene rings is 2. The van der Waals surface area contributed by atoms with Gasteiger partial charge in [0.25, 0.3) is 0 Å². The molecule has 32 heavy (non-hydrogen) atoms. The van der Waals surface area contributed by atoms with Gasteiger partial charge in [0.1, 0.15) is 6.04 Å². The minimum absolute atomic E-state index is 0.139. The molecule has 0 aromatic heterocycles. The summed E-state index contributed by atoms with van der Waals surface area (Å²) in [6, 6.07) is 9.96. The molecule has 0 unspecified atom stereocenters. The van der Waals surface area contributed by atoms with E-state index in [9.17, 15) is 9.59 Å². The van der Waals surface area contributed by atoms with Gasteiger partial charge in [-0.05, 0) is 48.2 Å². The van der Waals surface area contributed by atoms with Crippen LogP contribution < -0.4 is 5.32 Å². The summed E-state index contributed by atoms with van der Waals surface area (Å²) < 4.78 is 0. The van der Waals surface area contributed by atoms with Crippen LogP contribution in [0.1, 0.15) is 37.8 Å². The lowest BCUT2D eigenvalue weighted by Crippen LogP contribution is -2.49. The van der Waals surface area contributed by atoms with Crippen molar-refractivity contribution in [1.29, 1.82) is 0 Å². The molecular formula is C23H26Cl4N2O2S. The van der Waals surface area contributed by atoms with Crippen molar-refractivity contribution in [2.24, 2.45) is 0 Å². The van der Waals surface area contributed by atoms with E-state index in [-0.39, 0.29) is 24.1 Å². The standard InChI is InChI=1S/C23H26Cl4N2O2S/c1-3-9-28-23(31)21(4-2)29(12-16-6-7-17(24)11-19(16)26)22(30)14-32-13-15-5-8-18(25)20(27)10-15/h5-8,10-11,21H,3-4,9,12-14H2,1-2H3,(H,28,31)/t21-/m1/s1. The second-order valence-electron chi connectivity index (χ2n) is 7.21. The molecule has 0 spiro atoms. The molecule has 0 aliphatic carbocycles. The number of rotatable bonds is 11. The molecule has 0 radical (unpaired) electrons. The minimum atomic E-state index is -0.591. The second-order valence-corrected chi connectivity index (χ2v) is 9.86. The Morgan fingerprint density at radius 2 is 1.75 bits per heavy atom. The predicted molar refractivity (Wildman–Crippen MR) is 137 cm³/mol. The molecule has 0 bridgehead atoms. The van der Waals surface area contributed by atoms with E-state index in [1.54, 1.807) is 35.2 Å². The highest BCUT2D eigenvalue weighted by molar-refractivity contribution is 7.99. The third-order valence-corrected chi connectivity index (χ3v) is 7.08. The van der Waals surface area contributed by atoms with Crippen LogP contribution in [0, 0.1) is 0 Å². The van der Waals surface area contributed by atoms with Crippen LogP contribution >= 0.6 is 58.2 Å². The van der Waals surface area contributed by atoms with Gasteiger partial charge in [-0.3, -0.25) is 9.59 Å². The number of thioether (sulfide) groups is 1. The lowest BCUT2D eigenvalue weighted by Gasteiger charge is -2.31. The highest BCUT2D eigenvalue weighted by atomic mass is 35.5. The topological polar surface area (TPSA) is 49.4 Å². The van der Waals surface area contributed by atoms with Gasteiger partial charge in [0.05, 0.1) is 15.8 Å². The maximum Gasteiger partial charge on any atom is 0.242 e. The molecule has 0 heterocycles. The second kappa shape index (κ2) is 13.6. The molecule has 1 atom stereocenters. The van der Waals surface area contributed by atoms with Crippen molar-refractivity contribution in [2.45, 2.75) is 45.0 Å². The molecular weight excluding hydrogens is 510 g/mol. The number of amides is 2. The Bertz CT molecular complexity index is 942. The normalized spacial score (nSPS) is 11.8. The molecule has 0 aliphatic heterocycles. The van der Waals surface area contributed by atoms with Crippen molar-refractivity contribution in [3.8, 4) is 0 Å². The van der Waals surface area contributed by atoms with E-state index < -0.39 is 6.04 Å². The maximum absolute atomic E-state index is 13.2. The van der Waals surface area contributed by atoms with Gasteiger partial charge in [-0.25, -0.2) is 0 Å². The first kappa shape index (κ1) is 27.1. The van der Waals surface area contributed by atoms with Crippen LogP contribution in [0.4, 0.5) is 0 Å². The molecule has 0 saturated carbocycles. The number of halogens is 4. The number of carbonyl (C=O) groups is 2. The van der Waals surface area contributed by atoms with Gasteiger partial charge in [0, 0.05) is 28.9 Å². The van der Waals surface area contributed by atoms with Crippen molar-refractivity contribution in [2.75, 3.05) is 12.3 Å². The molecule has 2 aromatic carbocycles.